The molecule has 3 nitrogen and oxygen atoms in total. The number of hydrogen-bond acceptors (Lipinski definition) is 3. The highest BCUT2D eigenvalue weighted by Crippen LogP contribution is 2.12. The SMILES string of the molecule is O=C(O)C(=O)SCc1ccccc1. The second-order valence-electron chi connectivity index (χ2n) is 2.37. The van der Waals surface area contributed by atoms with E-state index in [0.717, 1.165) is 17.3 Å². The molecule has 1 N–H and O–H groups in total. The Morgan fingerprint density at radius 1 is 1.23 bits per heavy atom. The molecule has 0 amide bonds. The van der Waals surface area contributed by atoms with Gasteiger partial charge in [-0.25, -0.2) is 4.79 Å². The van der Waals surface area contributed by atoms with Gasteiger partial charge in [0, 0.05) is 5.75 Å². The minimum Gasteiger partial charge on any atom is -0.475 e. The van der Waals surface area contributed by atoms with Gasteiger partial charge in [0.05, 0.1) is 0 Å². The molecule has 68 valence electrons. The highest BCUT2D eigenvalue weighted by atomic mass is 32.2. The Hall–Kier alpha value is -1.29. The molecule has 0 bridgehead atoms. The molecule has 0 fully saturated rings. The number of aliphatic carboxylic acids is 1. The minimum absolute atomic E-state index is 0.409. The third-order valence-electron chi connectivity index (χ3n) is 1.39. The van der Waals surface area contributed by atoms with Crippen LogP contribution in [0.5, 0.6) is 0 Å². The van der Waals surface area contributed by atoms with Crippen molar-refractivity contribution >= 4 is 22.8 Å². The summed E-state index contributed by atoms with van der Waals surface area (Å²) in [5.41, 5.74) is 0.946. The van der Waals surface area contributed by atoms with Crippen molar-refractivity contribution in [3.63, 3.8) is 0 Å². The van der Waals surface area contributed by atoms with E-state index in [-0.39, 0.29) is 0 Å². The summed E-state index contributed by atoms with van der Waals surface area (Å²) in [4.78, 5) is 20.8. The largest absolute Gasteiger partial charge is 0.475 e. The standard InChI is InChI=1S/C9H8O3S/c10-8(11)9(12)13-6-7-4-2-1-3-5-7/h1-5H,6H2,(H,10,11). The molecule has 0 unspecified atom stereocenters. The number of thioether (sulfide) groups is 1. The number of carbonyl (C=O) groups is 2. The average Bonchev–Trinajstić information content (AvgIpc) is 2.15. The molecule has 0 spiro atoms. The first-order valence-electron chi connectivity index (χ1n) is 3.64. The molecule has 1 aromatic carbocycles. The van der Waals surface area contributed by atoms with Crippen LogP contribution in [0.15, 0.2) is 30.3 Å². The summed E-state index contributed by atoms with van der Waals surface area (Å²) in [5.74, 6) is -0.979. The monoisotopic (exact) mass is 196 g/mol. The second-order valence-corrected chi connectivity index (χ2v) is 3.32. The Labute approximate surface area is 79.8 Å². The van der Waals surface area contributed by atoms with Gasteiger partial charge in [0.1, 0.15) is 0 Å². The molecular formula is C9H8O3S. The van der Waals surface area contributed by atoms with Crippen LogP contribution in [0.1, 0.15) is 5.56 Å². The van der Waals surface area contributed by atoms with Crippen molar-refractivity contribution in [3.8, 4) is 0 Å². The smallest absolute Gasteiger partial charge is 0.383 e. The number of carbonyl (C=O) groups excluding carboxylic acids is 1. The first-order valence-corrected chi connectivity index (χ1v) is 4.62. The van der Waals surface area contributed by atoms with Gasteiger partial charge in [-0.05, 0) is 5.56 Å². The topological polar surface area (TPSA) is 54.4 Å². The molecule has 1 rings (SSSR count). The normalized spacial score (nSPS) is 9.54. The maximum Gasteiger partial charge on any atom is 0.383 e. The van der Waals surface area contributed by atoms with Gasteiger partial charge in [-0.2, -0.15) is 0 Å². The van der Waals surface area contributed by atoms with E-state index >= 15 is 0 Å². The lowest BCUT2D eigenvalue weighted by Crippen LogP contribution is -2.07. The summed E-state index contributed by atoms with van der Waals surface area (Å²) in [7, 11) is 0. The van der Waals surface area contributed by atoms with Crippen LogP contribution in [0.25, 0.3) is 0 Å². The Morgan fingerprint density at radius 3 is 2.38 bits per heavy atom. The molecule has 4 heteroatoms. The molecule has 0 aliphatic heterocycles. The van der Waals surface area contributed by atoms with Gasteiger partial charge in [-0.3, -0.25) is 4.79 Å². The van der Waals surface area contributed by atoms with E-state index < -0.39 is 11.1 Å². The fraction of sp³-hybridized carbons (Fsp3) is 0.111. The average molecular weight is 196 g/mol. The number of rotatable bonds is 2. The van der Waals surface area contributed by atoms with Crippen molar-refractivity contribution in [1.82, 2.24) is 0 Å². The van der Waals surface area contributed by atoms with Crippen LogP contribution in [-0.4, -0.2) is 16.2 Å². The molecule has 0 atom stereocenters. The molecule has 0 saturated heterocycles. The quantitative estimate of drug-likeness (QED) is 0.729. The van der Waals surface area contributed by atoms with E-state index in [4.69, 9.17) is 5.11 Å². The Bertz CT molecular complexity index is 308. The van der Waals surface area contributed by atoms with Crippen molar-refractivity contribution in [2.75, 3.05) is 0 Å². The van der Waals surface area contributed by atoms with Gasteiger partial charge in [0.25, 0.3) is 5.12 Å². The van der Waals surface area contributed by atoms with E-state index in [0.29, 0.717) is 5.75 Å². The van der Waals surface area contributed by atoms with Crippen molar-refractivity contribution < 1.29 is 14.7 Å². The molecule has 0 heterocycles. The predicted octanol–water partition coefficient (Wildman–Crippen LogP) is 1.53. The van der Waals surface area contributed by atoms with E-state index in [2.05, 4.69) is 0 Å². The first kappa shape index (κ1) is 9.80. The van der Waals surface area contributed by atoms with Crippen LogP contribution in [0.2, 0.25) is 0 Å². The molecule has 0 aliphatic rings. The molecule has 1 aromatic rings. The Kier molecular flexibility index (Phi) is 3.52. The van der Waals surface area contributed by atoms with Gasteiger partial charge in [-0.15, -0.1) is 0 Å². The van der Waals surface area contributed by atoms with Crippen LogP contribution >= 0.6 is 11.8 Å². The number of hydrogen-bond donors (Lipinski definition) is 1. The third-order valence-corrected chi connectivity index (χ3v) is 2.30. The lowest BCUT2D eigenvalue weighted by atomic mass is 10.2. The highest BCUT2D eigenvalue weighted by molar-refractivity contribution is 8.14. The molecular weight excluding hydrogens is 188 g/mol. The van der Waals surface area contributed by atoms with Crippen molar-refractivity contribution in [1.29, 1.82) is 0 Å². The molecule has 0 radical (unpaired) electrons. The molecule has 0 aliphatic carbocycles. The summed E-state index contributed by atoms with van der Waals surface area (Å²) in [6.45, 7) is 0. The van der Waals surface area contributed by atoms with E-state index in [9.17, 15) is 9.59 Å². The molecule has 0 saturated carbocycles. The van der Waals surface area contributed by atoms with E-state index in [1.165, 1.54) is 0 Å². The number of carboxylic acids is 1. The zero-order valence-corrected chi connectivity index (χ0v) is 7.58. The van der Waals surface area contributed by atoms with Crippen LogP contribution in [0.4, 0.5) is 0 Å². The van der Waals surface area contributed by atoms with Gasteiger partial charge in [0.2, 0.25) is 0 Å². The zero-order chi connectivity index (χ0) is 9.68. The zero-order valence-electron chi connectivity index (χ0n) is 6.77. The summed E-state index contributed by atoms with van der Waals surface area (Å²) < 4.78 is 0. The van der Waals surface area contributed by atoms with Gasteiger partial charge >= 0.3 is 5.97 Å². The lowest BCUT2D eigenvalue weighted by molar-refractivity contribution is -0.144. The number of carboxylic acid groups (broad SMARTS) is 1. The van der Waals surface area contributed by atoms with Crippen molar-refractivity contribution in [2.45, 2.75) is 5.75 Å². The predicted molar refractivity (Wildman–Crippen MR) is 50.4 cm³/mol. The Balaban J connectivity index is 2.44. The van der Waals surface area contributed by atoms with Crippen molar-refractivity contribution in [3.05, 3.63) is 35.9 Å². The van der Waals surface area contributed by atoms with Gasteiger partial charge in [0.15, 0.2) is 0 Å². The van der Waals surface area contributed by atoms with E-state index in [1.807, 2.05) is 30.3 Å². The fourth-order valence-electron chi connectivity index (χ4n) is 0.785. The molecule has 0 aromatic heterocycles. The number of benzene rings is 1. The highest BCUT2D eigenvalue weighted by Gasteiger charge is 2.11. The lowest BCUT2D eigenvalue weighted by Gasteiger charge is -1.96. The van der Waals surface area contributed by atoms with Crippen LogP contribution in [0, 0.1) is 0 Å². The first-order chi connectivity index (χ1) is 6.20. The third kappa shape index (κ3) is 3.29. The molecule has 13 heavy (non-hydrogen) atoms. The second kappa shape index (κ2) is 4.67. The summed E-state index contributed by atoms with van der Waals surface area (Å²) >= 11 is 0.799. The summed E-state index contributed by atoms with van der Waals surface area (Å²) in [5, 5.41) is 7.47. The van der Waals surface area contributed by atoms with Crippen LogP contribution < -0.4 is 0 Å². The van der Waals surface area contributed by atoms with Gasteiger partial charge < -0.3 is 5.11 Å². The van der Waals surface area contributed by atoms with Crippen LogP contribution in [0.3, 0.4) is 0 Å². The maximum absolute atomic E-state index is 10.7. The van der Waals surface area contributed by atoms with E-state index in [1.54, 1.807) is 0 Å². The van der Waals surface area contributed by atoms with Crippen molar-refractivity contribution in [2.24, 2.45) is 0 Å². The maximum atomic E-state index is 10.7. The van der Waals surface area contributed by atoms with Gasteiger partial charge in [-0.1, -0.05) is 42.1 Å². The van der Waals surface area contributed by atoms with Crippen LogP contribution in [-0.2, 0) is 15.3 Å². The fourth-order valence-corrected chi connectivity index (χ4v) is 1.40. The Morgan fingerprint density at radius 2 is 1.85 bits per heavy atom. The minimum atomic E-state index is -1.39. The summed E-state index contributed by atoms with van der Waals surface area (Å²) in [6.07, 6.45) is 0. The summed E-state index contributed by atoms with van der Waals surface area (Å²) in [6, 6.07) is 9.26.